The molecular formula is C17H31NO2. The van der Waals surface area contributed by atoms with Gasteiger partial charge in [0.15, 0.2) is 0 Å². The predicted molar refractivity (Wildman–Crippen MR) is 81.8 cm³/mol. The Bertz CT molecular complexity index is 334. The SMILES string of the molecule is CCCC1CCC(N2CCC(C(=O)O)(C(C)C)C2)CC1. The zero-order valence-corrected chi connectivity index (χ0v) is 13.4. The molecule has 1 saturated carbocycles. The summed E-state index contributed by atoms with van der Waals surface area (Å²) in [6.45, 7) is 8.15. The van der Waals surface area contributed by atoms with Gasteiger partial charge in [-0.2, -0.15) is 0 Å². The molecule has 1 aliphatic carbocycles. The standard InChI is InChI=1S/C17H31NO2/c1-4-5-14-6-8-15(9-7-14)18-11-10-17(12-18,13(2)3)16(19)20/h13-15H,4-12H2,1-3H3,(H,19,20). The molecule has 0 aromatic rings. The zero-order valence-electron chi connectivity index (χ0n) is 13.4. The summed E-state index contributed by atoms with van der Waals surface area (Å²) in [6.07, 6.45) is 8.74. The Labute approximate surface area is 123 Å². The molecule has 0 aromatic carbocycles. The molecule has 116 valence electrons. The Hall–Kier alpha value is -0.570. The minimum absolute atomic E-state index is 0.224. The second-order valence-electron chi connectivity index (χ2n) is 7.30. The number of rotatable bonds is 5. The third kappa shape index (κ3) is 3.03. The molecule has 20 heavy (non-hydrogen) atoms. The lowest BCUT2D eigenvalue weighted by Crippen LogP contribution is -2.42. The number of likely N-dealkylation sites (tertiary alicyclic amines) is 1. The molecule has 0 radical (unpaired) electrons. The van der Waals surface area contributed by atoms with E-state index in [1.807, 2.05) is 0 Å². The van der Waals surface area contributed by atoms with E-state index in [9.17, 15) is 9.90 Å². The van der Waals surface area contributed by atoms with Crippen molar-refractivity contribution in [2.75, 3.05) is 13.1 Å². The van der Waals surface area contributed by atoms with Crippen LogP contribution in [-0.4, -0.2) is 35.1 Å². The lowest BCUT2D eigenvalue weighted by Gasteiger charge is -2.36. The minimum Gasteiger partial charge on any atom is -0.481 e. The molecule has 0 bridgehead atoms. The van der Waals surface area contributed by atoms with Gasteiger partial charge in [0.05, 0.1) is 5.41 Å². The van der Waals surface area contributed by atoms with Crippen molar-refractivity contribution in [3.63, 3.8) is 0 Å². The molecule has 2 fully saturated rings. The fourth-order valence-electron chi connectivity index (χ4n) is 4.27. The fourth-order valence-corrected chi connectivity index (χ4v) is 4.27. The van der Waals surface area contributed by atoms with E-state index in [1.54, 1.807) is 0 Å². The molecule has 1 unspecified atom stereocenters. The predicted octanol–water partition coefficient (Wildman–Crippen LogP) is 3.78. The maximum Gasteiger partial charge on any atom is 0.311 e. The number of hydrogen-bond donors (Lipinski definition) is 1. The maximum atomic E-state index is 11.7. The molecular weight excluding hydrogens is 250 g/mol. The Kier molecular flexibility index (Phi) is 5.11. The van der Waals surface area contributed by atoms with Crippen molar-refractivity contribution in [1.82, 2.24) is 4.90 Å². The maximum absolute atomic E-state index is 11.7. The van der Waals surface area contributed by atoms with Crippen LogP contribution in [0.25, 0.3) is 0 Å². The highest BCUT2D eigenvalue weighted by atomic mass is 16.4. The van der Waals surface area contributed by atoms with Crippen LogP contribution in [0.4, 0.5) is 0 Å². The molecule has 0 amide bonds. The Morgan fingerprint density at radius 2 is 1.95 bits per heavy atom. The molecule has 1 N–H and O–H groups in total. The Morgan fingerprint density at radius 1 is 1.30 bits per heavy atom. The van der Waals surface area contributed by atoms with E-state index in [0.29, 0.717) is 6.04 Å². The van der Waals surface area contributed by atoms with Gasteiger partial charge in [-0.3, -0.25) is 9.69 Å². The summed E-state index contributed by atoms with van der Waals surface area (Å²) in [5, 5.41) is 9.64. The first-order valence-corrected chi connectivity index (χ1v) is 8.47. The highest BCUT2D eigenvalue weighted by Gasteiger charge is 2.48. The van der Waals surface area contributed by atoms with Gasteiger partial charge in [-0.25, -0.2) is 0 Å². The lowest BCUT2D eigenvalue weighted by molar-refractivity contribution is -0.151. The largest absolute Gasteiger partial charge is 0.481 e. The lowest BCUT2D eigenvalue weighted by atomic mass is 9.76. The number of carbonyl (C=O) groups is 1. The second-order valence-corrected chi connectivity index (χ2v) is 7.30. The van der Waals surface area contributed by atoms with Gasteiger partial charge in [-0.15, -0.1) is 0 Å². The first-order valence-electron chi connectivity index (χ1n) is 8.47. The van der Waals surface area contributed by atoms with E-state index < -0.39 is 11.4 Å². The molecule has 0 aromatic heterocycles. The molecule has 3 heteroatoms. The molecule has 1 aliphatic heterocycles. The number of carboxylic acids is 1. The van der Waals surface area contributed by atoms with Crippen LogP contribution in [0.5, 0.6) is 0 Å². The monoisotopic (exact) mass is 281 g/mol. The third-order valence-corrected chi connectivity index (χ3v) is 5.89. The second kappa shape index (κ2) is 6.46. The van der Waals surface area contributed by atoms with E-state index in [4.69, 9.17) is 0 Å². The van der Waals surface area contributed by atoms with Gasteiger partial charge < -0.3 is 5.11 Å². The van der Waals surface area contributed by atoms with E-state index in [-0.39, 0.29) is 5.92 Å². The van der Waals surface area contributed by atoms with Crippen molar-refractivity contribution in [3.05, 3.63) is 0 Å². The molecule has 1 atom stereocenters. The first-order chi connectivity index (χ1) is 9.49. The van der Waals surface area contributed by atoms with Crippen LogP contribution in [0.15, 0.2) is 0 Å². The van der Waals surface area contributed by atoms with Gasteiger partial charge >= 0.3 is 5.97 Å². The van der Waals surface area contributed by atoms with Crippen molar-refractivity contribution in [2.45, 2.75) is 71.8 Å². The van der Waals surface area contributed by atoms with Gasteiger partial charge in [0.25, 0.3) is 0 Å². The molecule has 0 spiro atoms. The van der Waals surface area contributed by atoms with Crippen molar-refractivity contribution in [1.29, 1.82) is 0 Å². The molecule has 2 rings (SSSR count). The van der Waals surface area contributed by atoms with Crippen LogP contribution in [0, 0.1) is 17.3 Å². The van der Waals surface area contributed by atoms with Gasteiger partial charge in [0.2, 0.25) is 0 Å². The molecule has 1 saturated heterocycles. The molecule has 3 nitrogen and oxygen atoms in total. The average molecular weight is 281 g/mol. The van der Waals surface area contributed by atoms with E-state index in [2.05, 4.69) is 25.7 Å². The van der Waals surface area contributed by atoms with Crippen LogP contribution in [-0.2, 0) is 4.79 Å². The summed E-state index contributed by atoms with van der Waals surface area (Å²) in [4.78, 5) is 14.2. The summed E-state index contributed by atoms with van der Waals surface area (Å²) in [5.41, 5.74) is -0.500. The summed E-state index contributed by atoms with van der Waals surface area (Å²) < 4.78 is 0. The van der Waals surface area contributed by atoms with E-state index in [0.717, 1.165) is 25.4 Å². The van der Waals surface area contributed by atoms with Crippen LogP contribution >= 0.6 is 0 Å². The van der Waals surface area contributed by atoms with Crippen molar-refractivity contribution in [3.8, 4) is 0 Å². The first kappa shape index (κ1) is 15.8. The van der Waals surface area contributed by atoms with E-state index in [1.165, 1.54) is 38.5 Å². The van der Waals surface area contributed by atoms with Gasteiger partial charge in [-0.05, 0) is 50.5 Å². The van der Waals surface area contributed by atoms with Crippen molar-refractivity contribution >= 4 is 5.97 Å². The Balaban J connectivity index is 1.92. The van der Waals surface area contributed by atoms with Gasteiger partial charge in [0.1, 0.15) is 0 Å². The topological polar surface area (TPSA) is 40.5 Å². The summed E-state index contributed by atoms with van der Waals surface area (Å²) in [7, 11) is 0. The summed E-state index contributed by atoms with van der Waals surface area (Å²) in [6, 6.07) is 0.642. The Morgan fingerprint density at radius 3 is 2.40 bits per heavy atom. The van der Waals surface area contributed by atoms with Crippen LogP contribution in [0.1, 0.15) is 65.7 Å². The quantitative estimate of drug-likeness (QED) is 0.833. The van der Waals surface area contributed by atoms with Gasteiger partial charge in [0, 0.05) is 12.6 Å². The molecule has 1 heterocycles. The van der Waals surface area contributed by atoms with E-state index >= 15 is 0 Å². The smallest absolute Gasteiger partial charge is 0.311 e. The van der Waals surface area contributed by atoms with Crippen LogP contribution in [0.2, 0.25) is 0 Å². The zero-order chi connectivity index (χ0) is 14.8. The normalized spacial score (nSPS) is 35.6. The summed E-state index contributed by atoms with van der Waals surface area (Å²) in [5.74, 6) is 0.560. The molecule has 2 aliphatic rings. The average Bonchev–Trinajstić information content (AvgIpc) is 2.86. The number of hydrogen-bond acceptors (Lipinski definition) is 2. The van der Waals surface area contributed by atoms with Crippen LogP contribution < -0.4 is 0 Å². The highest BCUT2D eigenvalue weighted by Crippen LogP contribution is 2.41. The highest BCUT2D eigenvalue weighted by molar-refractivity contribution is 5.75. The number of nitrogens with zero attached hydrogens (tertiary/aromatic N) is 1. The van der Waals surface area contributed by atoms with Crippen molar-refractivity contribution in [2.24, 2.45) is 17.3 Å². The van der Waals surface area contributed by atoms with Crippen LogP contribution in [0.3, 0.4) is 0 Å². The van der Waals surface area contributed by atoms with Crippen molar-refractivity contribution < 1.29 is 9.90 Å². The fraction of sp³-hybridized carbons (Fsp3) is 0.941. The minimum atomic E-state index is -0.588. The third-order valence-electron chi connectivity index (χ3n) is 5.89. The van der Waals surface area contributed by atoms with Gasteiger partial charge in [-0.1, -0.05) is 33.6 Å². The number of aliphatic carboxylic acids is 1. The summed E-state index contributed by atoms with van der Waals surface area (Å²) >= 11 is 0. The number of carboxylic acid groups (broad SMARTS) is 1.